The number of halogens is 1. The van der Waals surface area contributed by atoms with Crippen molar-refractivity contribution < 1.29 is 4.79 Å². The number of aryl methyl sites for hydroxylation is 1. The van der Waals surface area contributed by atoms with E-state index in [2.05, 4.69) is 14.6 Å². The van der Waals surface area contributed by atoms with E-state index >= 15 is 0 Å². The molecule has 4 rings (SSSR count). The molecule has 3 aromatic rings. The lowest BCUT2D eigenvalue weighted by molar-refractivity contribution is 0.0944. The first-order chi connectivity index (χ1) is 14.6. The Morgan fingerprint density at radius 2 is 1.90 bits per heavy atom. The lowest BCUT2D eigenvalue weighted by Gasteiger charge is -2.31. The van der Waals surface area contributed by atoms with Gasteiger partial charge in [-0.3, -0.25) is 4.79 Å². The van der Waals surface area contributed by atoms with Crippen molar-refractivity contribution in [2.24, 2.45) is 5.92 Å². The van der Waals surface area contributed by atoms with Crippen molar-refractivity contribution in [3.8, 4) is 0 Å². The van der Waals surface area contributed by atoms with Crippen LogP contribution in [0.5, 0.6) is 0 Å². The molecule has 0 atom stereocenters. The van der Waals surface area contributed by atoms with Crippen molar-refractivity contribution >= 4 is 34.2 Å². The second-order valence-electron chi connectivity index (χ2n) is 7.75. The molecule has 0 saturated carbocycles. The number of hydrogen-bond acceptors (Lipinski definition) is 5. The van der Waals surface area contributed by atoms with E-state index in [-0.39, 0.29) is 5.91 Å². The number of hydrogen-bond donors (Lipinski definition) is 1. The van der Waals surface area contributed by atoms with Crippen molar-refractivity contribution in [2.45, 2.75) is 26.2 Å². The van der Waals surface area contributed by atoms with Gasteiger partial charge in [-0.05, 0) is 55.0 Å². The van der Waals surface area contributed by atoms with Crippen molar-refractivity contribution in [1.29, 1.82) is 0 Å². The number of carbonyl (C=O) groups excluding carboxylic acids is 1. The second-order valence-corrected chi connectivity index (χ2v) is 8.92. The first kappa shape index (κ1) is 20.8. The average molecular weight is 441 g/mol. The highest BCUT2D eigenvalue weighted by molar-refractivity contribution is 7.09. The van der Waals surface area contributed by atoms with E-state index < -0.39 is 0 Å². The minimum absolute atomic E-state index is 0.0199. The molecule has 1 N–H and O–H groups in total. The number of piperidine rings is 1. The number of carbonyl (C=O) groups is 1. The zero-order chi connectivity index (χ0) is 20.9. The normalized spacial score (nSPS) is 14.7. The molecule has 156 valence electrons. The third-order valence-corrected chi connectivity index (χ3v) is 6.63. The summed E-state index contributed by atoms with van der Waals surface area (Å²) >= 11 is 7.42. The van der Waals surface area contributed by atoms with Gasteiger partial charge in [0.15, 0.2) is 0 Å². The fraction of sp³-hybridized carbons (Fsp3) is 0.348. The zero-order valence-corrected chi connectivity index (χ0v) is 18.5. The van der Waals surface area contributed by atoms with Gasteiger partial charge >= 0.3 is 0 Å². The Morgan fingerprint density at radius 3 is 2.63 bits per heavy atom. The highest BCUT2D eigenvalue weighted by Crippen LogP contribution is 2.25. The molecule has 0 aliphatic carbocycles. The van der Waals surface area contributed by atoms with Crippen LogP contribution in [0.3, 0.4) is 0 Å². The Morgan fingerprint density at radius 1 is 1.17 bits per heavy atom. The summed E-state index contributed by atoms with van der Waals surface area (Å²) in [4.78, 5) is 19.5. The monoisotopic (exact) mass is 440 g/mol. The molecule has 1 aromatic heterocycles. The van der Waals surface area contributed by atoms with Gasteiger partial charge in [0, 0.05) is 48.2 Å². The van der Waals surface area contributed by atoms with Crippen LogP contribution >= 0.6 is 23.1 Å². The molecule has 30 heavy (non-hydrogen) atoms. The molecule has 1 amide bonds. The van der Waals surface area contributed by atoms with Crippen LogP contribution in [0.15, 0.2) is 48.5 Å². The van der Waals surface area contributed by atoms with E-state index in [0.29, 0.717) is 5.92 Å². The number of aromatic nitrogens is 2. The average Bonchev–Trinajstić information content (AvgIpc) is 3.23. The van der Waals surface area contributed by atoms with Crippen LogP contribution in [0.4, 0.5) is 5.13 Å². The number of benzene rings is 2. The van der Waals surface area contributed by atoms with Gasteiger partial charge in [-0.2, -0.15) is 4.37 Å². The van der Waals surface area contributed by atoms with Crippen molar-refractivity contribution in [1.82, 2.24) is 14.7 Å². The molecule has 1 fully saturated rings. The molecule has 1 aliphatic rings. The summed E-state index contributed by atoms with van der Waals surface area (Å²) in [6.07, 6.45) is 2.80. The van der Waals surface area contributed by atoms with E-state index in [9.17, 15) is 4.79 Å². The van der Waals surface area contributed by atoms with E-state index in [1.807, 2.05) is 55.5 Å². The molecule has 2 aromatic carbocycles. The highest BCUT2D eigenvalue weighted by atomic mass is 35.5. The summed E-state index contributed by atoms with van der Waals surface area (Å²) in [5.41, 5.74) is 2.93. The Bertz CT molecular complexity index is 996. The quantitative estimate of drug-likeness (QED) is 0.601. The largest absolute Gasteiger partial charge is 0.352 e. The molecule has 0 unspecified atom stereocenters. The zero-order valence-electron chi connectivity index (χ0n) is 17.0. The fourth-order valence-corrected chi connectivity index (χ4v) is 4.58. The molecule has 1 saturated heterocycles. The minimum atomic E-state index is 0.0199. The van der Waals surface area contributed by atoms with Gasteiger partial charge in [-0.25, -0.2) is 4.98 Å². The standard InChI is InChI=1S/C23H25ClN4OS/c1-16-4-2-3-5-20(16)22(29)25-15-18-10-12-28(13-11-18)23-26-21(27-30-23)14-17-6-8-19(24)9-7-17/h2-9,18H,10-15H2,1H3,(H,25,29). The Balaban J connectivity index is 1.25. The first-order valence-corrected chi connectivity index (χ1v) is 11.4. The van der Waals surface area contributed by atoms with Crippen LogP contribution in [-0.2, 0) is 6.42 Å². The van der Waals surface area contributed by atoms with E-state index in [1.54, 1.807) is 0 Å². The molecule has 0 spiro atoms. The number of nitrogens with one attached hydrogen (secondary N) is 1. The maximum absolute atomic E-state index is 12.4. The number of nitrogens with zero attached hydrogens (tertiary/aromatic N) is 3. The minimum Gasteiger partial charge on any atom is -0.352 e. The van der Waals surface area contributed by atoms with Crippen molar-refractivity contribution in [2.75, 3.05) is 24.5 Å². The second kappa shape index (κ2) is 9.58. The van der Waals surface area contributed by atoms with Gasteiger partial charge in [0.1, 0.15) is 5.82 Å². The first-order valence-electron chi connectivity index (χ1n) is 10.2. The van der Waals surface area contributed by atoms with Crippen LogP contribution in [0.1, 0.15) is 40.2 Å². The lowest BCUT2D eigenvalue weighted by atomic mass is 9.97. The summed E-state index contributed by atoms with van der Waals surface area (Å²) in [5.74, 6) is 1.37. The summed E-state index contributed by atoms with van der Waals surface area (Å²) in [6.45, 7) is 4.58. The Hall–Kier alpha value is -2.44. The SMILES string of the molecule is Cc1ccccc1C(=O)NCC1CCN(c2nc(Cc3ccc(Cl)cc3)ns2)CC1. The number of anilines is 1. The molecule has 0 bridgehead atoms. The van der Waals surface area contributed by atoms with E-state index in [4.69, 9.17) is 16.6 Å². The van der Waals surface area contributed by atoms with Gasteiger partial charge in [0.25, 0.3) is 5.91 Å². The van der Waals surface area contributed by atoms with Crippen LogP contribution in [0.2, 0.25) is 5.02 Å². The Kier molecular flexibility index (Phi) is 6.65. The molecule has 1 aliphatic heterocycles. The number of rotatable bonds is 6. The summed E-state index contributed by atoms with van der Waals surface area (Å²) in [7, 11) is 0. The van der Waals surface area contributed by atoms with E-state index in [0.717, 1.165) is 71.6 Å². The third-order valence-electron chi connectivity index (χ3n) is 5.56. The van der Waals surface area contributed by atoms with Gasteiger partial charge < -0.3 is 10.2 Å². The van der Waals surface area contributed by atoms with Gasteiger partial charge in [-0.1, -0.05) is 41.9 Å². The molecule has 7 heteroatoms. The molecule has 5 nitrogen and oxygen atoms in total. The maximum atomic E-state index is 12.4. The molecular formula is C23H25ClN4OS. The van der Waals surface area contributed by atoms with E-state index in [1.165, 1.54) is 11.5 Å². The smallest absolute Gasteiger partial charge is 0.251 e. The van der Waals surface area contributed by atoms with Crippen LogP contribution in [-0.4, -0.2) is 34.9 Å². The van der Waals surface area contributed by atoms with Crippen LogP contribution in [0.25, 0.3) is 0 Å². The third kappa shape index (κ3) is 5.18. The highest BCUT2D eigenvalue weighted by Gasteiger charge is 2.22. The predicted molar refractivity (Wildman–Crippen MR) is 123 cm³/mol. The summed E-state index contributed by atoms with van der Waals surface area (Å²) < 4.78 is 4.53. The van der Waals surface area contributed by atoms with Gasteiger partial charge in [0.05, 0.1) is 0 Å². The van der Waals surface area contributed by atoms with Crippen LogP contribution in [0, 0.1) is 12.8 Å². The van der Waals surface area contributed by atoms with Gasteiger partial charge in [0.2, 0.25) is 5.13 Å². The molecular weight excluding hydrogens is 416 g/mol. The maximum Gasteiger partial charge on any atom is 0.251 e. The summed E-state index contributed by atoms with van der Waals surface area (Å²) in [5, 5.41) is 4.83. The summed E-state index contributed by atoms with van der Waals surface area (Å²) in [6, 6.07) is 15.5. The van der Waals surface area contributed by atoms with Crippen molar-refractivity contribution in [3.05, 3.63) is 76.1 Å². The number of amides is 1. The fourth-order valence-electron chi connectivity index (χ4n) is 3.72. The molecule has 2 heterocycles. The van der Waals surface area contributed by atoms with Crippen LogP contribution < -0.4 is 10.2 Å². The van der Waals surface area contributed by atoms with Gasteiger partial charge in [-0.15, -0.1) is 0 Å². The predicted octanol–water partition coefficient (Wildman–Crippen LogP) is 4.74. The Labute approximate surface area is 186 Å². The van der Waals surface area contributed by atoms with Crippen molar-refractivity contribution in [3.63, 3.8) is 0 Å². The molecule has 0 radical (unpaired) electrons. The lowest BCUT2D eigenvalue weighted by Crippen LogP contribution is -2.38. The topological polar surface area (TPSA) is 58.1 Å².